The van der Waals surface area contributed by atoms with E-state index in [0.717, 1.165) is 39.2 Å². The zero-order valence-electron chi connectivity index (χ0n) is 13.4. The van der Waals surface area contributed by atoms with Gasteiger partial charge >= 0.3 is 0 Å². The molecule has 1 amide bonds. The number of anilines is 1. The number of benzene rings is 1. The van der Waals surface area contributed by atoms with Gasteiger partial charge in [-0.15, -0.1) is 0 Å². The standard InChI is InChI=1S/C18H14ClN5O/c1-9-18(24-8-11(19)2-3-16(24)21-9)13-5-17(25)22-15-6-14-10(4-12(13)15)7-20-23-14/h2-4,6-8,13H,5H2,1H3,(H,20,23)(H,22,25). The Kier molecular flexibility index (Phi) is 2.93. The number of amides is 1. The topological polar surface area (TPSA) is 75.1 Å². The summed E-state index contributed by atoms with van der Waals surface area (Å²) in [6.45, 7) is 1.97. The summed E-state index contributed by atoms with van der Waals surface area (Å²) in [5.41, 5.74) is 5.51. The van der Waals surface area contributed by atoms with Gasteiger partial charge in [0.05, 0.1) is 28.1 Å². The lowest BCUT2D eigenvalue weighted by molar-refractivity contribution is -0.116. The fourth-order valence-corrected chi connectivity index (χ4v) is 3.88. The third kappa shape index (κ3) is 2.14. The van der Waals surface area contributed by atoms with Crippen LogP contribution in [0.4, 0.5) is 5.69 Å². The van der Waals surface area contributed by atoms with Gasteiger partial charge in [0.25, 0.3) is 0 Å². The Hall–Kier alpha value is -2.86. The number of rotatable bonds is 1. The average Bonchev–Trinajstić information content (AvgIpc) is 3.15. The number of pyridine rings is 1. The average molecular weight is 352 g/mol. The Labute approximate surface area is 147 Å². The lowest BCUT2D eigenvalue weighted by Gasteiger charge is -2.26. The first-order chi connectivity index (χ1) is 12.1. The van der Waals surface area contributed by atoms with Gasteiger partial charge in [-0.05, 0) is 36.8 Å². The van der Waals surface area contributed by atoms with Crippen LogP contribution in [0.15, 0.2) is 36.7 Å². The second kappa shape index (κ2) is 5.07. The Bertz CT molecular complexity index is 1160. The molecule has 4 aromatic rings. The highest BCUT2D eigenvalue weighted by Crippen LogP contribution is 2.40. The van der Waals surface area contributed by atoms with Crippen LogP contribution >= 0.6 is 11.6 Å². The van der Waals surface area contributed by atoms with E-state index in [0.29, 0.717) is 11.4 Å². The van der Waals surface area contributed by atoms with Crippen molar-refractivity contribution in [2.24, 2.45) is 0 Å². The molecule has 1 unspecified atom stereocenters. The van der Waals surface area contributed by atoms with E-state index in [1.54, 1.807) is 6.20 Å². The zero-order chi connectivity index (χ0) is 17.1. The Morgan fingerprint density at radius 3 is 3.08 bits per heavy atom. The quantitative estimate of drug-likeness (QED) is 0.549. The summed E-state index contributed by atoms with van der Waals surface area (Å²) in [6.07, 6.45) is 4.02. The molecule has 7 heteroatoms. The summed E-state index contributed by atoms with van der Waals surface area (Å²) in [7, 11) is 0. The molecular formula is C18H14ClN5O. The minimum absolute atomic E-state index is 0.00672. The molecular weight excluding hydrogens is 338 g/mol. The third-order valence-corrected chi connectivity index (χ3v) is 5.01. The van der Waals surface area contributed by atoms with Crippen LogP contribution in [0.25, 0.3) is 16.6 Å². The van der Waals surface area contributed by atoms with Crippen LogP contribution in [-0.4, -0.2) is 25.5 Å². The number of imidazole rings is 1. The Morgan fingerprint density at radius 1 is 1.32 bits per heavy atom. The molecule has 5 rings (SSSR count). The number of aryl methyl sites for hydroxylation is 1. The number of nitrogens with one attached hydrogen (secondary N) is 2. The zero-order valence-corrected chi connectivity index (χ0v) is 14.1. The van der Waals surface area contributed by atoms with Gasteiger partial charge < -0.3 is 9.72 Å². The van der Waals surface area contributed by atoms with E-state index >= 15 is 0 Å². The largest absolute Gasteiger partial charge is 0.326 e. The maximum absolute atomic E-state index is 12.3. The van der Waals surface area contributed by atoms with Gasteiger partial charge in [0.15, 0.2) is 0 Å². The maximum atomic E-state index is 12.3. The first-order valence-corrected chi connectivity index (χ1v) is 8.39. The monoisotopic (exact) mass is 351 g/mol. The summed E-state index contributed by atoms with van der Waals surface area (Å²) in [5.74, 6) is -0.0933. The minimum Gasteiger partial charge on any atom is -0.326 e. The molecule has 124 valence electrons. The van der Waals surface area contributed by atoms with Crippen LogP contribution in [0.5, 0.6) is 0 Å². The van der Waals surface area contributed by atoms with Gasteiger partial charge in [-0.1, -0.05) is 11.6 Å². The number of hydrogen-bond acceptors (Lipinski definition) is 3. The predicted octanol–water partition coefficient (Wildman–Crippen LogP) is 3.65. The van der Waals surface area contributed by atoms with Gasteiger partial charge in [0.1, 0.15) is 5.65 Å². The van der Waals surface area contributed by atoms with Gasteiger partial charge in [-0.3, -0.25) is 9.89 Å². The molecule has 1 aromatic carbocycles. The molecule has 0 aliphatic carbocycles. The first kappa shape index (κ1) is 14.5. The lowest BCUT2D eigenvalue weighted by atomic mass is 9.86. The fourth-order valence-electron chi connectivity index (χ4n) is 3.72. The number of nitrogens with zero attached hydrogens (tertiary/aromatic N) is 3. The number of carbonyl (C=O) groups is 1. The molecule has 0 saturated carbocycles. The number of carbonyl (C=O) groups excluding carboxylic acids is 1. The molecule has 1 aliphatic heterocycles. The molecule has 1 aliphatic rings. The van der Waals surface area contributed by atoms with Crippen molar-refractivity contribution in [3.05, 3.63) is 58.6 Å². The number of hydrogen-bond donors (Lipinski definition) is 2. The number of H-pyrrole nitrogens is 1. The highest BCUT2D eigenvalue weighted by atomic mass is 35.5. The molecule has 25 heavy (non-hydrogen) atoms. The maximum Gasteiger partial charge on any atom is 0.225 e. The van der Waals surface area contributed by atoms with E-state index in [1.807, 2.05) is 35.7 Å². The number of halogens is 1. The van der Waals surface area contributed by atoms with Crippen LogP contribution in [0.2, 0.25) is 5.02 Å². The molecule has 6 nitrogen and oxygen atoms in total. The molecule has 2 N–H and O–H groups in total. The van der Waals surface area contributed by atoms with Crippen LogP contribution in [-0.2, 0) is 4.79 Å². The van der Waals surface area contributed by atoms with Crippen LogP contribution in [0.1, 0.15) is 29.3 Å². The SMILES string of the molecule is Cc1nc2ccc(Cl)cn2c1C1CC(=O)Nc2cc3[nH]ncc3cc21. The van der Waals surface area contributed by atoms with E-state index in [-0.39, 0.29) is 11.8 Å². The normalized spacial score (nSPS) is 17.0. The minimum atomic E-state index is -0.0866. The molecule has 1 atom stereocenters. The van der Waals surface area contributed by atoms with E-state index in [9.17, 15) is 4.79 Å². The van der Waals surface area contributed by atoms with Crippen LogP contribution in [0, 0.1) is 6.92 Å². The second-order valence-electron chi connectivity index (χ2n) is 6.36. The van der Waals surface area contributed by atoms with Crippen molar-refractivity contribution < 1.29 is 4.79 Å². The molecule has 0 fully saturated rings. The molecule has 4 heterocycles. The van der Waals surface area contributed by atoms with Gasteiger partial charge in [-0.2, -0.15) is 5.10 Å². The highest BCUT2D eigenvalue weighted by molar-refractivity contribution is 6.30. The second-order valence-corrected chi connectivity index (χ2v) is 6.80. The summed E-state index contributed by atoms with van der Waals surface area (Å²) in [5, 5.41) is 11.7. The van der Waals surface area contributed by atoms with E-state index in [1.165, 1.54) is 0 Å². The predicted molar refractivity (Wildman–Crippen MR) is 96.1 cm³/mol. The summed E-state index contributed by atoms with van der Waals surface area (Å²) in [6, 6.07) is 7.74. The number of fused-ring (bicyclic) bond motifs is 3. The molecule has 3 aromatic heterocycles. The van der Waals surface area contributed by atoms with Crippen molar-refractivity contribution in [3.63, 3.8) is 0 Å². The highest BCUT2D eigenvalue weighted by Gasteiger charge is 2.31. The third-order valence-electron chi connectivity index (χ3n) is 4.78. The fraction of sp³-hybridized carbons (Fsp3) is 0.167. The van der Waals surface area contributed by atoms with E-state index in [2.05, 4.69) is 26.6 Å². The lowest BCUT2D eigenvalue weighted by Crippen LogP contribution is -2.24. The van der Waals surface area contributed by atoms with Crippen molar-refractivity contribution in [1.82, 2.24) is 19.6 Å². The summed E-state index contributed by atoms with van der Waals surface area (Å²) < 4.78 is 1.99. The number of aromatic amines is 1. The van der Waals surface area contributed by atoms with Crippen LogP contribution in [0.3, 0.4) is 0 Å². The summed E-state index contributed by atoms with van der Waals surface area (Å²) in [4.78, 5) is 17.0. The van der Waals surface area contributed by atoms with Gasteiger partial charge in [-0.25, -0.2) is 4.98 Å². The van der Waals surface area contributed by atoms with Gasteiger partial charge in [0, 0.05) is 29.6 Å². The Morgan fingerprint density at radius 2 is 2.20 bits per heavy atom. The van der Waals surface area contributed by atoms with Gasteiger partial charge in [0.2, 0.25) is 5.91 Å². The molecule has 0 radical (unpaired) electrons. The van der Waals surface area contributed by atoms with Crippen molar-refractivity contribution in [3.8, 4) is 0 Å². The van der Waals surface area contributed by atoms with Crippen molar-refractivity contribution in [2.45, 2.75) is 19.3 Å². The molecule has 0 spiro atoms. The Balaban J connectivity index is 1.79. The number of aromatic nitrogens is 4. The van der Waals surface area contributed by atoms with Crippen molar-refractivity contribution >= 4 is 39.7 Å². The van der Waals surface area contributed by atoms with Crippen molar-refractivity contribution in [1.29, 1.82) is 0 Å². The molecule has 0 bridgehead atoms. The van der Waals surface area contributed by atoms with E-state index < -0.39 is 0 Å². The first-order valence-electron chi connectivity index (χ1n) is 8.01. The smallest absolute Gasteiger partial charge is 0.225 e. The van der Waals surface area contributed by atoms with Crippen LogP contribution < -0.4 is 5.32 Å². The van der Waals surface area contributed by atoms with Crippen molar-refractivity contribution in [2.75, 3.05) is 5.32 Å². The summed E-state index contributed by atoms with van der Waals surface area (Å²) >= 11 is 6.19. The molecule has 0 saturated heterocycles. The van der Waals surface area contributed by atoms with E-state index in [4.69, 9.17) is 11.6 Å².